The molecule has 0 saturated heterocycles. The van der Waals surface area contributed by atoms with Crippen LogP contribution in [0.5, 0.6) is 11.5 Å². The van der Waals surface area contributed by atoms with Gasteiger partial charge in [-0.15, -0.1) is 10.2 Å². The quantitative estimate of drug-likeness (QED) is 0.407. The van der Waals surface area contributed by atoms with E-state index in [1.165, 1.54) is 11.8 Å². The lowest BCUT2D eigenvalue weighted by Crippen LogP contribution is -2.15. The van der Waals surface area contributed by atoms with Gasteiger partial charge in [0.2, 0.25) is 5.91 Å². The Bertz CT molecular complexity index is 1210. The molecular formula is C23H21N5O3S. The number of methoxy groups -OCH3 is 2. The Morgan fingerprint density at radius 1 is 0.969 bits per heavy atom. The van der Waals surface area contributed by atoms with E-state index in [2.05, 4.69) is 20.5 Å². The van der Waals surface area contributed by atoms with Crippen molar-refractivity contribution < 1.29 is 14.3 Å². The standard InChI is InChI=1S/C23H21N5O3S/c1-30-19-11-5-3-9-17(19)25-21(29)15-32-23-27-26-22(16-8-7-13-24-14-16)28(23)18-10-4-6-12-20(18)31-2/h3-14H,15H2,1-2H3,(H,25,29). The SMILES string of the molecule is COc1ccccc1NC(=O)CSc1nnc(-c2cccnc2)n1-c1ccccc1OC. The monoisotopic (exact) mass is 447 g/mol. The molecule has 0 aliphatic carbocycles. The van der Waals surface area contributed by atoms with Gasteiger partial charge in [-0.25, -0.2) is 0 Å². The van der Waals surface area contributed by atoms with Crippen molar-refractivity contribution in [2.45, 2.75) is 5.16 Å². The summed E-state index contributed by atoms with van der Waals surface area (Å²) in [6, 6.07) is 18.6. The van der Waals surface area contributed by atoms with E-state index in [9.17, 15) is 4.79 Å². The molecule has 2 aromatic heterocycles. The summed E-state index contributed by atoms with van der Waals surface area (Å²) >= 11 is 1.28. The summed E-state index contributed by atoms with van der Waals surface area (Å²) < 4.78 is 12.7. The fraction of sp³-hybridized carbons (Fsp3) is 0.130. The third kappa shape index (κ3) is 4.57. The summed E-state index contributed by atoms with van der Waals surface area (Å²) in [5, 5.41) is 12.2. The minimum Gasteiger partial charge on any atom is -0.495 e. The summed E-state index contributed by atoms with van der Waals surface area (Å²) in [6.45, 7) is 0. The normalized spacial score (nSPS) is 10.6. The van der Waals surface area contributed by atoms with Crippen molar-refractivity contribution >= 4 is 23.4 Å². The van der Waals surface area contributed by atoms with Crippen LogP contribution in [0.25, 0.3) is 17.1 Å². The first-order valence-electron chi connectivity index (χ1n) is 9.76. The first kappa shape index (κ1) is 21.4. The molecule has 0 bridgehead atoms. The van der Waals surface area contributed by atoms with E-state index < -0.39 is 0 Å². The van der Waals surface area contributed by atoms with Gasteiger partial charge in [0.25, 0.3) is 0 Å². The van der Waals surface area contributed by atoms with Gasteiger partial charge in [-0.3, -0.25) is 14.3 Å². The first-order chi connectivity index (χ1) is 15.7. The van der Waals surface area contributed by atoms with Gasteiger partial charge in [0.05, 0.1) is 31.3 Å². The summed E-state index contributed by atoms with van der Waals surface area (Å²) in [7, 11) is 3.18. The summed E-state index contributed by atoms with van der Waals surface area (Å²) in [6.07, 6.45) is 3.42. The maximum atomic E-state index is 12.6. The maximum Gasteiger partial charge on any atom is 0.234 e. The Morgan fingerprint density at radius 2 is 1.72 bits per heavy atom. The van der Waals surface area contributed by atoms with E-state index in [0.717, 1.165) is 11.3 Å². The van der Waals surface area contributed by atoms with Gasteiger partial charge in [-0.2, -0.15) is 0 Å². The molecule has 0 aliphatic heterocycles. The molecule has 8 nitrogen and oxygen atoms in total. The zero-order chi connectivity index (χ0) is 22.3. The number of aromatic nitrogens is 4. The molecule has 4 rings (SSSR count). The van der Waals surface area contributed by atoms with Crippen molar-refractivity contribution in [2.24, 2.45) is 0 Å². The van der Waals surface area contributed by atoms with Gasteiger partial charge in [-0.05, 0) is 36.4 Å². The number of nitrogens with zero attached hydrogens (tertiary/aromatic N) is 4. The number of hydrogen-bond donors (Lipinski definition) is 1. The highest BCUT2D eigenvalue weighted by molar-refractivity contribution is 7.99. The van der Waals surface area contributed by atoms with Gasteiger partial charge < -0.3 is 14.8 Å². The molecular weight excluding hydrogens is 426 g/mol. The molecule has 162 valence electrons. The molecule has 0 spiro atoms. The van der Waals surface area contributed by atoms with E-state index in [1.54, 1.807) is 38.7 Å². The number of benzene rings is 2. The van der Waals surface area contributed by atoms with Crippen molar-refractivity contribution in [2.75, 3.05) is 25.3 Å². The van der Waals surface area contributed by atoms with E-state index in [4.69, 9.17) is 9.47 Å². The Hall–Kier alpha value is -3.85. The topological polar surface area (TPSA) is 91.2 Å². The minimum atomic E-state index is -0.183. The molecule has 0 saturated carbocycles. The number of nitrogens with one attached hydrogen (secondary N) is 1. The van der Waals surface area contributed by atoms with Gasteiger partial charge >= 0.3 is 0 Å². The molecule has 32 heavy (non-hydrogen) atoms. The number of ether oxygens (including phenoxy) is 2. The van der Waals surface area contributed by atoms with Gasteiger partial charge in [0, 0.05) is 18.0 Å². The van der Waals surface area contributed by atoms with Crippen LogP contribution in [0.1, 0.15) is 0 Å². The molecule has 0 radical (unpaired) electrons. The largest absolute Gasteiger partial charge is 0.495 e. The highest BCUT2D eigenvalue weighted by Crippen LogP contribution is 2.32. The zero-order valence-corrected chi connectivity index (χ0v) is 18.4. The molecule has 0 aliphatic rings. The van der Waals surface area contributed by atoms with Crippen LogP contribution in [0.2, 0.25) is 0 Å². The molecule has 0 fully saturated rings. The number of pyridine rings is 1. The second-order valence-electron chi connectivity index (χ2n) is 6.59. The lowest BCUT2D eigenvalue weighted by Gasteiger charge is -2.14. The summed E-state index contributed by atoms with van der Waals surface area (Å²) in [4.78, 5) is 16.8. The number of anilines is 1. The van der Waals surface area contributed by atoms with Crippen LogP contribution >= 0.6 is 11.8 Å². The Balaban J connectivity index is 1.63. The van der Waals surface area contributed by atoms with Crippen LogP contribution in [0.4, 0.5) is 5.69 Å². The molecule has 1 N–H and O–H groups in total. The van der Waals surface area contributed by atoms with Gasteiger partial charge in [0.1, 0.15) is 11.5 Å². The van der Waals surface area contributed by atoms with E-state index in [0.29, 0.717) is 28.2 Å². The molecule has 9 heteroatoms. The molecule has 1 amide bonds. The van der Waals surface area contributed by atoms with Crippen LogP contribution in [0.15, 0.2) is 78.2 Å². The Kier molecular flexibility index (Phi) is 6.66. The van der Waals surface area contributed by atoms with E-state index >= 15 is 0 Å². The predicted octanol–water partition coefficient (Wildman–Crippen LogP) is 4.08. The Labute approximate surface area is 189 Å². The number of carbonyl (C=O) groups excluding carboxylic acids is 1. The maximum absolute atomic E-state index is 12.6. The average molecular weight is 448 g/mol. The van der Waals surface area contributed by atoms with Crippen molar-refractivity contribution in [1.29, 1.82) is 0 Å². The average Bonchev–Trinajstić information content (AvgIpc) is 3.27. The summed E-state index contributed by atoms with van der Waals surface area (Å²) in [5.74, 6) is 1.82. The van der Waals surface area contributed by atoms with Crippen LogP contribution in [-0.2, 0) is 4.79 Å². The fourth-order valence-electron chi connectivity index (χ4n) is 3.14. The minimum absolute atomic E-state index is 0.137. The number of thioether (sulfide) groups is 1. The lowest BCUT2D eigenvalue weighted by atomic mass is 10.2. The van der Waals surface area contributed by atoms with Gasteiger partial charge in [-0.1, -0.05) is 36.0 Å². The van der Waals surface area contributed by atoms with E-state index in [-0.39, 0.29) is 11.7 Å². The van der Waals surface area contributed by atoms with Crippen LogP contribution in [0.3, 0.4) is 0 Å². The second kappa shape index (κ2) is 9.97. The number of para-hydroxylation sites is 4. The van der Waals surface area contributed by atoms with Gasteiger partial charge in [0.15, 0.2) is 11.0 Å². The number of carbonyl (C=O) groups is 1. The van der Waals surface area contributed by atoms with Crippen LogP contribution < -0.4 is 14.8 Å². The highest BCUT2D eigenvalue weighted by atomic mass is 32.2. The molecule has 2 heterocycles. The first-order valence-corrected chi connectivity index (χ1v) is 10.7. The van der Waals surface area contributed by atoms with Crippen molar-refractivity contribution in [3.05, 3.63) is 73.1 Å². The molecule has 4 aromatic rings. The zero-order valence-electron chi connectivity index (χ0n) is 17.6. The smallest absolute Gasteiger partial charge is 0.234 e. The van der Waals surface area contributed by atoms with Crippen molar-refractivity contribution in [1.82, 2.24) is 19.7 Å². The number of hydrogen-bond acceptors (Lipinski definition) is 7. The summed E-state index contributed by atoms with van der Waals surface area (Å²) in [5.41, 5.74) is 2.19. The molecule has 2 aromatic carbocycles. The van der Waals surface area contributed by atoms with Crippen LogP contribution in [-0.4, -0.2) is 45.6 Å². The van der Waals surface area contributed by atoms with Crippen molar-refractivity contribution in [3.63, 3.8) is 0 Å². The molecule has 0 atom stereocenters. The third-order valence-electron chi connectivity index (χ3n) is 4.59. The highest BCUT2D eigenvalue weighted by Gasteiger charge is 2.20. The third-order valence-corrected chi connectivity index (χ3v) is 5.52. The lowest BCUT2D eigenvalue weighted by molar-refractivity contribution is -0.113. The Morgan fingerprint density at radius 3 is 2.47 bits per heavy atom. The number of rotatable bonds is 8. The predicted molar refractivity (Wildman–Crippen MR) is 123 cm³/mol. The number of amides is 1. The fourth-order valence-corrected chi connectivity index (χ4v) is 3.89. The van der Waals surface area contributed by atoms with Crippen molar-refractivity contribution in [3.8, 4) is 28.6 Å². The second-order valence-corrected chi connectivity index (χ2v) is 7.53. The van der Waals surface area contributed by atoms with E-state index in [1.807, 2.05) is 53.1 Å². The molecule has 0 unspecified atom stereocenters. The van der Waals surface area contributed by atoms with Crippen LogP contribution in [0, 0.1) is 0 Å².